The second-order valence-corrected chi connectivity index (χ2v) is 6.10. The van der Waals surface area contributed by atoms with Gasteiger partial charge in [0.15, 0.2) is 0 Å². The van der Waals surface area contributed by atoms with Gasteiger partial charge in [-0.3, -0.25) is 4.79 Å². The number of anilines is 1. The van der Waals surface area contributed by atoms with Gasteiger partial charge in [0.25, 0.3) is 5.91 Å². The van der Waals surface area contributed by atoms with Gasteiger partial charge >= 0.3 is 0 Å². The van der Waals surface area contributed by atoms with Gasteiger partial charge in [-0.25, -0.2) is 9.97 Å². The zero-order valence-electron chi connectivity index (χ0n) is 12.0. The first-order valence-electron chi connectivity index (χ1n) is 7.15. The SMILES string of the molecule is CNC(=O)c1cnc([C@@H]2CCCCN2c2ccccn2)s1. The summed E-state index contributed by atoms with van der Waals surface area (Å²) in [4.78, 5) is 23.6. The molecule has 1 saturated heterocycles. The number of nitrogens with one attached hydrogen (secondary N) is 1. The van der Waals surface area contributed by atoms with Gasteiger partial charge in [-0.15, -0.1) is 11.3 Å². The van der Waals surface area contributed by atoms with Crippen molar-refractivity contribution >= 4 is 23.1 Å². The molecule has 0 aromatic carbocycles. The van der Waals surface area contributed by atoms with Crippen molar-refractivity contribution in [3.63, 3.8) is 0 Å². The predicted molar refractivity (Wildman–Crippen MR) is 83.7 cm³/mol. The maximum absolute atomic E-state index is 11.7. The number of aromatic nitrogens is 2. The summed E-state index contributed by atoms with van der Waals surface area (Å²) in [6, 6.07) is 6.18. The van der Waals surface area contributed by atoms with E-state index in [0.717, 1.165) is 23.8 Å². The quantitative estimate of drug-likeness (QED) is 0.947. The second-order valence-electron chi connectivity index (χ2n) is 5.03. The van der Waals surface area contributed by atoms with Crippen LogP contribution in [0, 0.1) is 0 Å². The molecule has 0 unspecified atom stereocenters. The van der Waals surface area contributed by atoms with Crippen molar-refractivity contribution in [2.45, 2.75) is 25.3 Å². The number of hydrogen-bond donors (Lipinski definition) is 1. The zero-order chi connectivity index (χ0) is 14.7. The zero-order valence-corrected chi connectivity index (χ0v) is 12.8. The normalized spacial score (nSPS) is 18.5. The van der Waals surface area contributed by atoms with Crippen molar-refractivity contribution < 1.29 is 4.79 Å². The Morgan fingerprint density at radius 1 is 1.38 bits per heavy atom. The number of thiazole rings is 1. The van der Waals surface area contributed by atoms with Crippen molar-refractivity contribution in [3.05, 3.63) is 40.5 Å². The summed E-state index contributed by atoms with van der Waals surface area (Å²) in [7, 11) is 1.64. The Kier molecular flexibility index (Phi) is 4.15. The molecule has 1 atom stereocenters. The Labute approximate surface area is 128 Å². The molecule has 3 rings (SSSR count). The van der Waals surface area contributed by atoms with Crippen molar-refractivity contribution in [1.29, 1.82) is 0 Å². The van der Waals surface area contributed by atoms with E-state index in [1.807, 2.05) is 24.4 Å². The molecule has 110 valence electrons. The van der Waals surface area contributed by atoms with Crippen LogP contribution in [-0.4, -0.2) is 29.5 Å². The van der Waals surface area contributed by atoms with E-state index in [4.69, 9.17) is 0 Å². The van der Waals surface area contributed by atoms with Crippen LogP contribution >= 0.6 is 11.3 Å². The number of nitrogens with zero attached hydrogens (tertiary/aromatic N) is 3. The second kappa shape index (κ2) is 6.22. The first kappa shape index (κ1) is 14.0. The molecule has 2 aromatic rings. The lowest BCUT2D eigenvalue weighted by Gasteiger charge is -2.35. The largest absolute Gasteiger partial charge is 0.354 e. The van der Waals surface area contributed by atoms with Crippen molar-refractivity contribution in [1.82, 2.24) is 15.3 Å². The van der Waals surface area contributed by atoms with Crippen molar-refractivity contribution in [2.75, 3.05) is 18.5 Å². The van der Waals surface area contributed by atoms with E-state index in [0.29, 0.717) is 4.88 Å². The molecule has 0 saturated carbocycles. The molecule has 0 bridgehead atoms. The maximum atomic E-state index is 11.7. The molecule has 6 heteroatoms. The van der Waals surface area contributed by atoms with E-state index in [2.05, 4.69) is 20.2 Å². The first-order valence-corrected chi connectivity index (χ1v) is 7.96. The van der Waals surface area contributed by atoms with Crippen LogP contribution < -0.4 is 10.2 Å². The van der Waals surface area contributed by atoms with Gasteiger partial charge < -0.3 is 10.2 Å². The average Bonchev–Trinajstić information content (AvgIpc) is 3.05. The third-order valence-electron chi connectivity index (χ3n) is 3.71. The van der Waals surface area contributed by atoms with Gasteiger partial charge in [-0.2, -0.15) is 0 Å². The number of pyridine rings is 1. The minimum absolute atomic E-state index is 0.0704. The third-order valence-corrected chi connectivity index (χ3v) is 4.80. The number of carbonyl (C=O) groups is 1. The summed E-state index contributed by atoms with van der Waals surface area (Å²) in [6.45, 7) is 0.983. The van der Waals surface area contributed by atoms with Gasteiger partial charge in [0, 0.05) is 19.8 Å². The summed E-state index contributed by atoms with van der Waals surface area (Å²) in [6.07, 6.45) is 6.89. The number of piperidine rings is 1. The summed E-state index contributed by atoms with van der Waals surface area (Å²) in [5.41, 5.74) is 0. The Morgan fingerprint density at radius 3 is 3.05 bits per heavy atom. The van der Waals surface area contributed by atoms with Gasteiger partial charge in [0.2, 0.25) is 0 Å². The Balaban J connectivity index is 1.87. The fraction of sp³-hybridized carbons (Fsp3) is 0.400. The summed E-state index contributed by atoms with van der Waals surface area (Å²) in [5, 5.41) is 3.64. The van der Waals surface area contributed by atoms with E-state index in [1.54, 1.807) is 13.2 Å². The lowest BCUT2D eigenvalue weighted by Crippen LogP contribution is -2.33. The molecule has 1 fully saturated rings. The maximum Gasteiger partial charge on any atom is 0.262 e. The highest BCUT2D eigenvalue weighted by Gasteiger charge is 2.27. The van der Waals surface area contributed by atoms with Crippen LogP contribution in [0.25, 0.3) is 0 Å². The summed E-state index contributed by atoms with van der Waals surface area (Å²) < 4.78 is 0. The number of carbonyl (C=O) groups excluding carboxylic acids is 1. The van der Waals surface area contributed by atoms with Gasteiger partial charge in [-0.05, 0) is 31.4 Å². The predicted octanol–water partition coefficient (Wildman–Crippen LogP) is 2.63. The van der Waals surface area contributed by atoms with E-state index in [9.17, 15) is 4.79 Å². The van der Waals surface area contributed by atoms with Crippen LogP contribution in [0.15, 0.2) is 30.6 Å². The Morgan fingerprint density at radius 2 is 2.29 bits per heavy atom. The Hall–Kier alpha value is -1.95. The molecular weight excluding hydrogens is 284 g/mol. The van der Waals surface area contributed by atoms with E-state index in [1.165, 1.54) is 24.2 Å². The van der Waals surface area contributed by atoms with Crippen LogP contribution in [0.5, 0.6) is 0 Å². The lowest BCUT2D eigenvalue weighted by molar-refractivity contribution is 0.0967. The highest BCUT2D eigenvalue weighted by molar-refractivity contribution is 7.13. The smallest absolute Gasteiger partial charge is 0.262 e. The van der Waals surface area contributed by atoms with Crippen LogP contribution in [0.4, 0.5) is 5.82 Å². The number of amides is 1. The minimum Gasteiger partial charge on any atom is -0.354 e. The van der Waals surface area contributed by atoms with Gasteiger partial charge in [0.05, 0.1) is 12.2 Å². The molecule has 0 aliphatic carbocycles. The highest BCUT2D eigenvalue weighted by atomic mass is 32.1. The minimum atomic E-state index is -0.0704. The molecule has 1 aliphatic heterocycles. The fourth-order valence-corrected chi connectivity index (χ4v) is 3.67. The van der Waals surface area contributed by atoms with E-state index >= 15 is 0 Å². The standard InChI is InChI=1S/C15H18N4OS/c1-16-14(20)12-10-18-15(21-12)11-6-3-5-9-19(11)13-7-2-4-8-17-13/h2,4,7-8,10-11H,3,5-6,9H2,1H3,(H,16,20)/t11-/m0/s1. The van der Waals surface area contributed by atoms with Gasteiger partial charge in [-0.1, -0.05) is 6.07 Å². The fourth-order valence-electron chi connectivity index (χ4n) is 2.66. The first-order chi connectivity index (χ1) is 10.3. The third kappa shape index (κ3) is 2.90. The van der Waals surface area contributed by atoms with Crippen molar-refractivity contribution in [3.8, 4) is 0 Å². The number of rotatable bonds is 3. The molecule has 5 nitrogen and oxygen atoms in total. The monoisotopic (exact) mass is 302 g/mol. The molecular formula is C15H18N4OS. The summed E-state index contributed by atoms with van der Waals surface area (Å²) >= 11 is 1.48. The number of hydrogen-bond acceptors (Lipinski definition) is 5. The van der Waals surface area contributed by atoms with Crippen LogP contribution in [0.2, 0.25) is 0 Å². The molecule has 0 radical (unpaired) electrons. The van der Waals surface area contributed by atoms with Crippen molar-refractivity contribution in [2.24, 2.45) is 0 Å². The van der Waals surface area contributed by atoms with Crippen LogP contribution in [-0.2, 0) is 0 Å². The average molecular weight is 302 g/mol. The molecule has 1 aliphatic rings. The Bertz CT molecular complexity index is 613. The molecule has 1 amide bonds. The molecule has 21 heavy (non-hydrogen) atoms. The van der Waals surface area contributed by atoms with Crippen LogP contribution in [0.1, 0.15) is 40.0 Å². The topological polar surface area (TPSA) is 58.1 Å². The molecule has 3 heterocycles. The van der Waals surface area contributed by atoms with E-state index < -0.39 is 0 Å². The van der Waals surface area contributed by atoms with Crippen LogP contribution in [0.3, 0.4) is 0 Å². The summed E-state index contributed by atoms with van der Waals surface area (Å²) in [5.74, 6) is 0.915. The molecule has 1 N–H and O–H groups in total. The lowest BCUT2D eigenvalue weighted by atomic mass is 10.0. The van der Waals surface area contributed by atoms with Gasteiger partial charge in [0.1, 0.15) is 15.7 Å². The highest BCUT2D eigenvalue weighted by Crippen LogP contribution is 2.35. The van der Waals surface area contributed by atoms with E-state index in [-0.39, 0.29) is 11.9 Å². The molecule has 2 aromatic heterocycles. The molecule has 0 spiro atoms.